The summed E-state index contributed by atoms with van der Waals surface area (Å²) in [5, 5.41) is 12.8. The van der Waals surface area contributed by atoms with Gasteiger partial charge in [0.15, 0.2) is 5.82 Å². The molecule has 2 rings (SSSR count). The topological polar surface area (TPSA) is 62.7 Å². The molecule has 1 aromatic heterocycles. The maximum atomic E-state index is 8.85. The maximum absolute atomic E-state index is 8.85. The Bertz CT molecular complexity index is 588. The van der Waals surface area contributed by atoms with E-state index in [9.17, 15) is 0 Å². The van der Waals surface area contributed by atoms with Crippen molar-refractivity contribution in [2.75, 3.05) is 0 Å². The van der Waals surface area contributed by atoms with Gasteiger partial charge < -0.3 is 4.52 Å². The molecule has 1 aromatic carbocycles. The summed E-state index contributed by atoms with van der Waals surface area (Å²) in [5.74, 6) is 1.16. The molecule has 0 bridgehead atoms. The van der Waals surface area contributed by atoms with E-state index in [1.807, 2.05) is 12.1 Å². The normalized spacial score (nSPS) is 11.2. The molecule has 4 heteroatoms. The smallest absolute Gasteiger partial charge is 0.257 e. The van der Waals surface area contributed by atoms with Gasteiger partial charge in [-0.05, 0) is 23.6 Å². The molecule has 92 valence electrons. The molecular formula is C14H15N3O. The van der Waals surface area contributed by atoms with Gasteiger partial charge in [-0.2, -0.15) is 10.2 Å². The van der Waals surface area contributed by atoms with Crippen LogP contribution in [0.2, 0.25) is 0 Å². The fourth-order valence-corrected chi connectivity index (χ4v) is 1.64. The average Bonchev–Trinajstić information content (AvgIpc) is 2.75. The summed E-state index contributed by atoms with van der Waals surface area (Å²) in [4.78, 5) is 4.35. The van der Waals surface area contributed by atoms with E-state index in [-0.39, 0.29) is 5.41 Å². The Kier molecular flexibility index (Phi) is 3.15. The molecule has 0 amide bonds. The zero-order chi connectivity index (χ0) is 13.2. The van der Waals surface area contributed by atoms with E-state index in [0.717, 1.165) is 12.0 Å². The summed E-state index contributed by atoms with van der Waals surface area (Å²) in [7, 11) is 0. The molecule has 2 aromatic rings. The first-order valence-corrected chi connectivity index (χ1v) is 5.81. The lowest BCUT2D eigenvalue weighted by Gasteiger charge is -2.14. The Morgan fingerprint density at radius 3 is 2.78 bits per heavy atom. The molecule has 0 aliphatic heterocycles. The van der Waals surface area contributed by atoms with Crippen molar-refractivity contribution in [1.29, 1.82) is 5.26 Å². The van der Waals surface area contributed by atoms with Gasteiger partial charge in [-0.15, -0.1) is 0 Å². The molecule has 0 aliphatic carbocycles. The van der Waals surface area contributed by atoms with Crippen molar-refractivity contribution < 1.29 is 4.52 Å². The molecule has 0 aliphatic rings. The van der Waals surface area contributed by atoms with Crippen LogP contribution >= 0.6 is 0 Å². The van der Waals surface area contributed by atoms with E-state index in [1.54, 1.807) is 12.1 Å². The summed E-state index contributed by atoms with van der Waals surface area (Å²) in [5.41, 5.74) is 1.49. The minimum atomic E-state index is 0.121. The molecular weight excluding hydrogens is 226 g/mol. The molecule has 0 saturated heterocycles. The van der Waals surface area contributed by atoms with Crippen molar-refractivity contribution in [1.82, 2.24) is 10.1 Å². The predicted octanol–water partition coefficient (Wildman–Crippen LogP) is 3.20. The van der Waals surface area contributed by atoms with Gasteiger partial charge in [0.05, 0.1) is 11.6 Å². The lowest BCUT2D eigenvalue weighted by molar-refractivity contribution is 0.374. The number of hydrogen-bond acceptors (Lipinski definition) is 4. The maximum Gasteiger partial charge on any atom is 0.257 e. The van der Waals surface area contributed by atoms with E-state index in [1.165, 1.54) is 0 Å². The zero-order valence-electron chi connectivity index (χ0n) is 10.8. The van der Waals surface area contributed by atoms with Gasteiger partial charge in [0.1, 0.15) is 0 Å². The second-order valence-corrected chi connectivity index (χ2v) is 5.45. The van der Waals surface area contributed by atoms with Crippen LogP contribution in [0.4, 0.5) is 0 Å². The van der Waals surface area contributed by atoms with Crippen LogP contribution in [0, 0.1) is 16.7 Å². The van der Waals surface area contributed by atoms with Gasteiger partial charge in [-0.25, -0.2) is 0 Å². The van der Waals surface area contributed by atoms with Crippen molar-refractivity contribution >= 4 is 0 Å². The van der Waals surface area contributed by atoms with E-state index < -0.39 is 0 Å². The number of benzene rings is 1. The van der Waals surface area contributed by atoms with Crippen molar-refractivity contribution in [3.8, 4) is 17.5 Å². The highest BCUT2D eigenvalue weighted by Crippen LogP contribution is 2.22. The van der Waals surface area contributed by atoms with Crippen molar-refractivity contribution in [3.05, 3.63) is 35.7 Å². The third-order valence-electron chi connectivity index (χ3n) is 2.40. The molecule has 4 nitrogen and oxygen atoms in total. The highest BCUT2D eigenvalue weighted by Gasteiger charge is 2.16. The number of nitriles is 1. The Morgan fingerprint density at radius 2 is 2.11 bits per heavy atom. The van der Waals surface area contributed by atoms with Gasteiger partial charge in [0, 0.05) is 12.0 Å². The molecule has 1 heterocycles. The van der Waals surface area contributed by atoms with Crippen LogP contribution in [0.25, 0.3) is 11.5 Å². The molecule has 0 spiro atoms. The molecule has 0 saturated carbocycles. The minimum absolute atomic E-state index is 0.121. The minimum Gasteiger partial charge on any atom is -0.334 e. The van der Waals surface area contributed by atoms with Crippen molar-refractivity contribution in [2.24, 2.45) is 5.41 Å². The van der Waals surface area contributed by atoms with Crippen LogP contribution in [0.5, 0.6) is 0 Å². The lowest BCUT2D eigenvalue weighted by atomic mass is 9.92. The van der Waals surface area contributed by atoms with Crippen LogP contribution in [-0.2, 0) is 6.42 Å². The van der Waals surface area contributed by atoms with Gasteiger partial charge in [0.2, 0.25) is 0 Å². The summed E-state index contributed by atoms with van der Waals surface area (Å²) in [6.07, 6.45) is 0.758. The Hall–Kier alpha value is -2.15. The quantitative estimate of drug-likeness (QED) is 0.810. The number of hydrogen-bond donors (Lipinski definition) is 0. The highest BCUT2D eigenvalue weighted by atomic mass is 16.5. The Labute approximate surface area is 106 Å². The van der Waals surface area contributed by atoms with Gasteiger partial charge in [-0.1, -0.05) is 32.0 Å². The number of nitrogens with zero attached hydrogens (tertiary/aromatic N) is 3. The monoisotopic (exact) mass is 241 g/mol. The fraction of sp³-hybridized carbons (Fsp3) is 0.357. The first kappa shape index (κ1) is 12.3. The first-order valence-electron chi connectivity index (χ1n) is 5.81. The van der Waals surface area contributed by atoms with E-state index in [2.05, 4.69) is 37.0 Å². The summed E-state index contributed by atoms with van der Waals surface area (Å²) < 4.78 is 5.23. The zero-order valence-corrected chi connectivity index (χ0v) is 10.8. The standard InChI is InChI=1S/C14H15N3O/c1-14(2,3)8-12-16-13(18-17-12)11-6-4-5-10(7-11)9-15/h4-7H,8H2,1-3H3. The third-order valence-corrected chi connectivity index (χ3v) is 2.40. The fourth-order valence-electron chi connectivity index (χ4n) is 1.64. The van der Waals surface area contributed by atoms with Crippen LogP contribution in [0.3, 0.4) is 0 Å². The Morgan fingerprint density at radius 1 is 1.33 bits per heavy atom. The Balaban J connectivity index is 2.27. The van der Waals surface area contributed by atoms with Crippen LogP contribution < -0.4 is 0 Å². The third kappa shape index (κ3) is 2.95. The van der Waals surface area contributed by atoms with Crippen molar-refractivity contribution in [3.63, 3.8) is 0 Å². The highest BCUT2D eigenvalue weighted by molar-refractivity contribution is 5.55. The van der Waals surface area contributed by atoms with Crippen LogP contribution in [-0.4, -0.2) is 10.1 Å². The second kappa shape index (κ2) is 4.61. The largest absolute Gasteiger partial charge is 0.334 e. The van der Waals surface area contributed by atoms with Crippen LogP contribution in [0.1, 0.15) is 32.2 Å². The number of rotatable bonds is 2. The van der Waals surface area contributed by atoms with E-state index >= 15 is 0 Å². The van der Waals surface area contributed by atoms with Gasteiger partial charge in [0.25, 0.3) is 5.89 Å². The van der Waals surface area contributed by atoms with E-state index in [0.29, 0.717) is 17.3 Å². The second-order valence-electron chi connectivity index (χ2n) is 5.45. The van der Waals surface area contributed by atoms with Gasteiger partial charge >= 0.3 is 0 Å². The van der Waals surface area contributed by atoms with E-state index in [4.69, 9.17) is 9.78 Å². The first-order chi connectivity index (χ1) is 8.48. The van der Waals surface area contributed by atoms with Crippen molar-refractivity contribution in [2.45, 2.75) is 27.2 Å². The molecule has 0 unspecified atom stereocenters. The summed E-state index contributed by atoms with van der Waals surface area (Å²) in [6.45, 7) is 6.37. The molecule has 18 heavy (non-hydrogen) atoms. The van der Waals surface area contributed by atoms with Crippen LogP contribution in [0.15, 0.2) is 28.8 Å². The molecule has 0 radical (unpaired) electrons. The summed E-state index contributed by atoms with van der Waals surface area (Å²) >= 11 is 0. The summed E-state index contributed by atoms with van der Waals surface area (Å²) in [6, 6.07) is 9.25. The molecule has 0 fully saturated rings. The average molecular weight is 241 g/mol. The van der Waals surface area contributed by atoms with Gasteiger partial charge in [-0.3, -0.25) is 0 Å². The number of aromatic nitrogens is 2. The lowest BCUT2D eigenvalue weighted by Crippen LogP contribution is -2.10. The molecule has 0 atom stereocenters. The predicted molar refractivity (Wildman–Crippen MR) is 67.6 cm³/mol. The SMILES string of the molecule is CC(C)(C)Cc1noc(-c2cccc(C#N)c2)n1. The molecule has 0 N–H and O–H groups in total.